The molecule has 28 heavy (non-hydrogen) atoms. The molecule has 3 rings (SSSR count). The number of methoxy groups -OCH3 is 1. The number of thioether (sulfide) groups is 1. The summed E-state index contributed by atoms with van der Waals surface area (Å²) in [4.78, 5) is 14.6. The highest BCUT2D eigenvalue weighted by Gasteiger charge is 2.30. The van der Waals surface area contributed by atoms with Gasteiger partial charge in [0.05, 0.1) is 12.0 Å². The van der Waals surface area contributed by atoms with Gasteiger partial charge in [0.1, 0.15) is 10.9 Å². The van der Waals surface area contributed by atoms with Gasteiger partial charge in [0.25, 0.3) is 5.91 Å². The molecule has 0 unspecified atom stereocenters. The Morgan fingerprint density at radius 2 is 1.93 bits per heavy atom. The molecule has 0 spiro atoms. The van der Waals surface area contributed by atoms with Crippen LogP contribution in [-0.4, -0.2) is 28.8 Å². The van der Waals surface area contributed by atoms with Crippen LogP contribution in [0.3, 0.4) is 0 Å². The van der Waals surface area contributed by atoms with Crippen molar-refractivity contribution in [3.05, 3.63) is 76.7 Å². The number of benzene rings is 2. The minimum Gasteiger partial charge on any atom is -0.493 e. The summed E-state index contributed by atoms with van der Waals surface area (Å²) in [5.74, 6) is 1.16. The van der Waals surface area contributed by atoms with E-state index < -0.39 is 0 Å². The summed E-state index contributed by atoms with van der Waals surface area (Å²) < 4.78 is 11.9. The van der Waals surface area contributed by atoms with E-state index >= 15 is 0 Å². The second kappa shape index (κ2) is 9.08. The van der Waals surface area contributed by atoms with E-state index in [9.17, 15) is 4.79 Å². The summed E-state index contributed by atoms with van der Waals surface area (Å²) >= 11 is 6.56. The molecular weight excluding hydrogens is 390 g/mol. The molecule has 1 heterocycles. The van der Waals surface area contributed by atoms with Gasteiger partial charge in [-0.1, -0.05) is 66.0 Å². The summed E-state index contributed by atoms with van der Waals surface area (Å²) in [5.41, 5.74) is 3.14. The molecule has 2 aromatic rings. The number of hydrogen-bond donors (Lipinski definition) is 0. The van der Waals surface area contributed by atoms with Crippen LogP contribution >= 0.6 is 24.0 Å². The highest BCUT2D eigenvalue weighted by molar-refractivity contribution is 8.26. The Balaban J connectivity index is 1.76. The van der Waals surface area contributed by atoms with Crippen molar-refractivity contribution in [2.75, 3.05) is 13.7 Å². The summed E-state index contributed by atoms with van der Waals surface area (Å²) in [6.07, 6.45) is 3.48. The van der Waals surface area contributed by atoms with E-state index in [2.05, 4.69) is 25.6 Å². The fraction of sp³-hybridized carbons (Fsp3) is 0.182. The fourth-order valence-corrected chi connectivity index (χ4v) is 3.95. The van der Waals surface area contributed by atoms with Gasteiger partial charge in [0.2, 0.25) is 0 Å². The summed E-state index contributed by atoms with van der Waals surface area (Å²) in [5, 5.41) is 0. The predicted octanol–water partition coefficient (Wildman–Crippen LogP) is 4.97. The number of nitrogens with zero attached hydrogens (tertiary/aromatic N) is 1. The molecule has 1 aliphatic rings. The van der Waals surface area contributed by atoms with Gasteiger partial charge in [0, 0.05) is 6.54 Å². The van der Waals surface area contributed by atoms with Gasteiger partial charge in [-0.2, -0.15) is 0 Å². The molecule has 1 saturated heterocycles. The molecule has 4 nitrogen and oxygen atoms in total. The maximum atomic E-state index is 12.5. The molecule has 1 amide bonds. The molecular formula is C22H21NO3S2. The van der Waals surface area contributed by atoms with Crippen LogP contribution in [0.4, 0.5) is 0 Å². The maximum Gasteiger partial charge on any atom is 0.266 e. The van der Waals surface area contributed by atoms with E-state index in [1.165, 1.54) is 22.2 Å². The third-order valence-electron chi connectivity index (χ3n) is 4.19. The van der Waals surface area contributed by atoms with Crippen LogP contribution in [0.15, 0.2) is 60.0 Å². The van der Waals surface area contributed by atoms with Crippen molar-refractivity contribution >= 4 is 40.3 Å². The van der Waals surface area contributed by atoms with E-state index in [4.69, 9.17) is 21.7 Å². The average molecular weight is 412 g/mol. The first kappa shape index (κ1) is 20.2. The molecule has 144 valence electrons. The zero-order valence-electron chi connectivity index (χ0n) is 15.8. The average Bonchev–Trinajstić information content (AvgIpc) is 2.96. The molecule has 0 saturated carbocycles. The first-order chi connectivity index (χ1) is 13.5. The van der Waals surface area contributed by atoms with Crippen LogP contribution in [0.2, 0.25) is 0 Å². The molecule has 6 heteroatoms. The third kappa shape index (κ3) is 4.64. The number of rotatable bonds is 7. The van der Waals surface area contributed by atoms with Crippen LogP contribution in [0.5, 0.6) is 11.5 Å². The van der Waals surface area contributed by atoms with Gasteiger partial charge in [0.15, 0.2) is 11.5 Å². The minimum absolute atomic E-state index is 0.103. The Labute approximate surface area is 174 Å². The van der Waals surface area contributed by atoms with Crippen LogP contribution in [-0.2, 0) is 11.4 Å². The monoisotopic (exact) mass is 411 g/mol. The van der Waals surface area contributed by atoms with Crippen LogP contribution in [0.1, 0.15) is 16.7 Å². The van der Waals surface area contributed by atoms with Crippen LogP contribution in [0.25, 0.3) is 6.08 Å². The van der Waals surface area contributed by atoms with Crippen molar-refractivity contribution in [1.29, 1.82) is 0 Å². The van der Waals surface area contributed by atoms with Crippen molar-refractivity contribution < 1.29 is 14.3 Å². The van der Waals surface area contributed by atoms with Gasteiger partial charge < -0.3 is 9.47 Å². The maximum absolute atomic E-state index is 12.5. The Morgan fingerprint density at radius 1 is 1.18 bits per heavy atom. The second-order valence-corrected chi connectivity index (χ2v) is 7.94. The molecule has 0 aliphatic carbocycles. The normalized spacial score (nSPS) is 15.2. The standard InChI is InChI=1S/C22H21NO3S2/c1-4-11-23-21(24)20(28-22(23)27)13-17-9-10-18(19(12-17)25-3)26-14-16-7-5-15(2)6-8-16/h4-10,12-13H,1,11,14H2,2-3H3/b20-13-. The largest absolute Gasteiger partial charge is 0.493 e. The Kier molecular flexibility index (Phi) is 6.54. The first-order valence-corrected chi connectivity index (χ1v) is 9.97. The molecule has 0 radical (unpaired) electrons. The molecule has 0 N–H and O–H groups in total. The lowest BCUT2D eigenvalue weighted by molar-refractivity contribution is -0.121. The molecule has 0 atom stereocenters. The SMILES string of the molecule is C=CCN1C(=O)/C(=C/c2ccc(OCc3ccc(C)cc3)c(OC)c2)SC1=S. The summed E-state index contributed by atoms with van der Waals surface area (Å²) in [6.45, 7) is 6.59. The van der Waals surface area contributed by atoms with Crippen molar-refractivity contribution in [3.63, 3.8) is 0 Å². The zero-order valence-corrected chi connectivity index (χ0v) is 17.4. The Morgan fingerprint density at radius 3 is 2.61 bits per heavy atom. The topological polar surface area (TPSA) is 38.8 Å². The van der Waals surface area contributed by atoms with E-state index in [1.54, 1.807) is 13.2 Å². The van der Waals surface area contributed by atoms with Crippen molar-refractivity contribution in [1.82, 2.24) is 4.90 Å². The third-order valence-corrected chi connectivity index (χ3v) is 5.56. The van der Waals surface area contributed by atoms with Crippen molar-refractivity contribution in [2.24, 2.45) is 0 Å². The number of hydrogen-bond acceptors (Lipinski definition) is 5. The fourth-order valence-electron chi connectivity index (χ4n) is 2.68. The first-order valence-electron chi connectivity index (χ1n) is 8.74. The Bertz CT molecular complexity index is 935. The smallest absolute Gasteiger partial charge is 0.266 e. The van der Waals surface area contributed by atoms with Gasteiger partial charge >= 0.3 is 0 Å². The van der Waals surface area contributed by atoms with E-state index in [1.807, 2.05) is 36.4 Å². The van der Waals surface area contributed by atoms with E-state index in [0.29, 0.717) is 33.9 Å². The number of aryl methyl sites for hydroxylation is 1. The number of carbonyl (C=O) groups excluding carboxylic acids is 1. The second-order valence-electron chi connectivity index (χ2n) is 6.27. The quantitative estimate of drug-likeness (QED) is 0.365. The molecule has 1 aliphatic heterocycles. The highest BCUT2D eigenvalue weighted by atomic mass is 32.2. The number of amides is 1. The lowest BCUT2D eigenvalue weighted by atomic mass is 10.1. The minimum atomic E-state index is -0.103. The Hall–Kier alpha value is -2.57. The lowest BCUT2D eigenvalue weighted by Crippen LogP contribution is -2.27. The molecule has 0 bridgehead atoms. The highest BCUT2D eigenvalue weighted by Crippen LogP contribution is 2.34. The van der Waals surface area contributed by atoms with Gasteiger partial charge in [-0.05, 0) is 36.3 Å². The summed E-state index contributed by atoms with van der Waals surface area (Å²) in [6, 6.07) is 13.8. The van der Waals surface area contributed by atoms with Crippen molar-refractivity contribution in [2.45, 2.75) is 13.5 Å². The molecule has 0 aromatic heterocycles. The van der Waals surface area contributed by atoms with Gasteiger partial charge in [-0.15, -0.1) is 6.58 Å². The summed E-state index contributed by atoms with van der Waals surface area (Å²) in [7, 11) is 1.60. The zero-order chi connectivity index (χ0) is 20.1. The molecule has 1 fully saturated rings. The number of carbonyl (C=O) groups is 1. The van der Waals surface area contributed by atoms with Gasteiger partial charge in [-0.3, -0.25) is 9.69 Å². The lowest BCUT2D eigenvalue weighted by Gasteiger charge is -2.12. The van der Waals surface area contributed by atoms with E-state index in [0.717, 1.165) is 11.1 Å². The predicted molar refractivity (Wildman–Crippen MR) is 119 cm³/mol. The van der Waals surface area contributed by atoms with Crippen LogP contribution in [0, 0.1) is 6.92 Å². The molecule has 2 aromatic carbocycles. The number of thiocarbonyl (C=S) groups is 1. The van der Waals surface area contributed by atoms with Crippen LogP contribution < -0.4 is 9.47 Å². The van der Waals surface area contributed by atoms with Crippen molar-refractivity contribution in [3.8, 4) is 11.5 Å². The number of ether oxygens (including phenoxy) is 2. The van der Waals surface area contributed by atoms with E-state index in [-0.39, 0.29) is 5.91 Å². The van der Waals surface area contributed by atoms with Gasteiger partial charge in [-0.25, -0.2) is 0 Å².